The maximum Gasteiger partial charge on any atom is 0.341 e. The first-order valence-corrected chi connectivity index (χ1v) is 9.83. The van der Waals surface area contributed by atoms with Gasteiger partial charge >= 0.3 is 5.97 Å². The molecular weight excluding hydrogens is 430 g/mol. The van der Waals surface area contributed by atoms with Crippen LogP contribution >= 0.6 is 27.3 Å². The van der Waals surface area contributed by atoms with E-state index in [1.807, 2.05) is 29.6 Å². The summed E-state index contributed by atoms with van der Waals surface area (Å²) in [6.45, 7) is 1.99. The number of hydrogen-bond donors (Lipinski definition) is 1. The number of carbonyl (C=O) groups excluding carboxylic acids is 2. The quantitative estimate of drug-likeness (QED) is 0.396. The number of thiophene rings is 1. The molecular formula is C20H16BrNO4S. The minimum Gasteiger partial charge on any atom is -0.465 e. The zero-order chi connectivity index (χ0) is 19.2. The molecule has 1 amide bonds. The van der Waals surface area contributed by atoms with Crippen LogP contribution in [0.5, 0.6) is 0 Å². The van der Waals surface area contributed by atoms with E-state index >= 15 is 0 Å². The van der Waals surface area contributed by atoms with Gasteiger partial charge < -0.3 is 14.5 Å². The van der Waals surface area contributed by atoms with Gasteiger partial charge in [-0.3, -0.25) is 4.79 Å². The highest BCUT2D eigenvalue weighted by Crippen LogP contribution is 2.36. The molecule has 0 unspecified atom stereocenters. The number of amides is 1. The minimum atomic E-state index is -0.470. The summed E-state index contributed by atoms with van der Waals surface area (Å²) in [4.78, 5) is 24.7. The lowest BCUT2D eigenvalue weighted by molar-refractivity contribution is -0.111. The third-order valence-electron chi connectivity index (χ3n) is 3.60. The van der Waals surface area contributed by atoms with Crippen LogP contribution in [0.15, 0.2) is 63.0 Å². The molecule has 0 fully saturated rings. The predicted molar refractivity (Wildman–Crippen MR) is 110 cm³/mol. The Balaban J connectivity index is 1.89. The van der Waals surface area contributed by atoms with Crippen LogP contribution < -0.4 is 5.32 Å². The van der Waals surface area contributed by atoms with Gasteiger partial charge in [0.25, 0.3) is 0 Å². The molecule has 0 aliphatic heterocycles. The first kappa shape index (κ1) is 19.1. The van der Waals surface area contributed by atoms with E-state index in [9.17, 15) is 9.59 Å². The predicted octanol–water partition coefficient (Wildman–Crippen LogP) is 5.60. The van der Waals surface area contributed by atoms with Crippen molar-refractivity contribution in [2.45, 2.75) is 6.92 Å². The second-order valence-corrected chi connectivity index (χ2v) is 7.21. The fraction of sp³-hybridized carbons (Fsp3) is 0.100. The van der Waals surface area contributed by atoms with Gasteiger partial charge in [0.2, 0.25) is 5.91 Å². The summed E-state index contributed by atoms with van der Waals surface area (Å²) in [5, 5.41) is 5.03. The van der Waals surface area contributed by atoms with Gasteiger partial charge in [-0.1, -0.05) is 28.1 Å². The lowest BCUT2D eigenvalue weighted by Crippen LogP contribution is -2.12. The molecule has 2 aromatic heterocycles. The van der Waals surface area contributed by atoms with Crippen LogP contribution in [0, 0.1) is 0 Å². The van der Waals surface area contributed by atoms with E-state index in [1.165, 1.54) is 23.7 Å². The van der Waals surface area contributed by atoms with Crippen LogP contribution in [0.25, 0.3) is 17.2 Å². The Morgan fingerprint density at radius 3 is 2.70 bits per heavy atom. The number of carbonyl (C=O) groups is 2. The fourth-order valence-corrected chi connectivity index (χ4v) is 3.62. The van der Waals surface area contributed by atoms with E-state index in [0.717, 1.165) is 15.6 Å². The Morgan fingerprint density at radius 2 is 2.04 bits per heavy atom. The van der Waals surface area contributed by atoms with Crippen LogP contribution in [-0.4, -0.2) is 18.5 Å². The SMILES string of the molecule is CCOC(=O)c1c(-c2ccc(Br)cc2)csc1NC(=O)/C=C/c1ccco1. The topological polar surface area (TPSA) is 68.5 Å². The summed E-state index contributed by atoms with van der Waals surface area (Å²) in [6.07, 6.45) is 4.44. The number of halogens is 1. The normalized spacial score (nSPS) is 10.9. The van der Waals surface area contributed by atoms with Gasteiger partial charge in [0, 0.05) is 21.5 Å². The van der Waals surface area contributed by atoms with E-state index in [-0.39, 0.29) is 12.5 Å². The Bertz CT molecular complexity index is 959. The highest BCUT2D eigenvalue weighted by Gasteiger charge is 2.22. The number of hydrogen-bond acceptors (Lipinski definition) is 5. The van der Waals surface area contributed by atoms with Crippen LogP contribution in [-0.2, 0) is 9.53 Å². The largest absolute Gasteiger partial charge is 0.465 e. The van der Waals surface area contributed by atoms with E-state index in [2.05, 4.69) is 21.2 Å². The van der Waals surface area contributed by atoms with Crippen LogP contribution in [0.4, 0.5) is 5.00 Å². The highest BCUT2D eigenvalue weighted by molar-refractivity contribution is 9.10. The summed E-state index contributed by atoms with van der Waals surface area (Å²) in [5.74, 6) is -0.263. The highest BCUT2D eigenvalue weighted by atomic mass is 79.9. The van der Waals surface area contributed by atoms with Crippen molar-refractivity contribution in [3.05, 3.63) is 69.9 Å². The summed E-state index contributed by atoms with van der Waals surface area (Å²) in [5.41, 5.74) is 1.93. The number of ether oxygens (including phenoxy) is 1. The maximum absolute atomic E-state index is 12.5. The molecule has 3 aromatic rings. The van der Waals surface area contributed by atoms with Gasteiger partial charge in [-0.2, -0.15) is 0 Å². The van der Waals surface area contributed by atoms with E-state index in [4.69, 9.17) is 9.15 Å². The van der Waals surface area contributed by atoms with Crippen LogP contribution in [0.1, 0.15) is 23.0 Å². The molecule has 0 atom stereocenters. The van der Waals surface area contributed by atoms with Crippen molar-refractivity contribution in [1.29, 1.82) is 0 Å². The van der Waals surface area contributed by atoms with Crippen molar-refractivity contribution in [1.82, 2.24) is 0 Å². The molecule has 0 saturated heterocycles. The molecule has 1 N–H and O–H groups in total. The summed E-state index contributed by atoms with van der Waals surface area (Å²) in [6, 6.07) is 11.1. The average Bonchev–Trinajstić information content (AvgIpc) is 3.31. The van der Waals surface area contributed by atoms with Gasteiger partial charge in [-0.25, -0.2) is 4.79 Å². The van der Waals surface area contributed by atoms with E-state index in [0.29, 0.717) is 16.3 Å². The standard InChI is InChI=1S/C20H16BrNO4S/c1-2-25-20(24)18-16(13-5-7-14(21)8-6-13)12-27-19(18)22-17(23)10-9-15-4-3-11-26-15/h3-12H,2H2,1H3,(H,22,23)/b10-9+. The number of nitrogens with one attached hydrogen (secondary N) is 1. The van der Waals surface area contributed by atoms with Crippen LogP contribution in [0.3, 0.4) is 0 Å². The average molecular weight is 446 g/mol. The number of anilines is 1. The number of esters is 1. The third kappa shape index (κ3) is 4.75. The maximum atomic E-state index is 12.5. The molecule has 27 heavy (non-hydrogen) atoms. The summed E-state index contributed by atoms with van der Waals surface area (Å²) >= 11 is 4.68. The number of benzene rings is 1. The van der Waals surface area contributed by atoms with Crippen molar-refractivity contribution >= 4 is 50.2 Å². The van der Waals surface area contributed by atoms with Gasteiger partial charge in [0.1, 0.15) is 16.3 Å². The molecule has 0 saturated carbocycles. The molecule has 138 valence electrons. The molecule has 0 aliphatic rings. The van der Waals surface area contributed by atoms with E-state index in [1.54, 1.807) is 25.1 Å². The van der Waals surface area contributed by atoms with Gasteiger partial charge in [-0.15, -0.1) is 11.3 Å². The van der Waals surface area contributed by atoms with E-state index < -0.39 is 5.97 Å². The first-order chi connectivity index (χ1) is 13.1. The van der Waals surface area contributed by atoms with Crippen molar-refractivity contribution in [2.75, 3.05) is 11.9 Å². The van der Waals surface area contributed by atoms with Gasteiger partial charge in [0.15, 0.2) is 0 Å². The van der Waals surface area contributed by atoms with Crippen LogP contribution in [0.2, 0.25) is 0 Å². The summed E-state index contributed by atoms with van der Waals surface area (Å²) in [7, 11) is 0. The van der Waals surface area contributed by atoms with Crippen molar-refractivity contribution < 1.29 is 18.7 Å². The van der Waals surface area contributed by atoms with Crippen molar-refractivity contribution in [3.8, 4) is 11.1 Å². The fourth-order valence-electron chi connectivity index (χ4n) is 2.40. The molecule has 0 spiro atoms. The first-order valence-electron chi connectivity index (χ1n) is 8.15. The molecule has 5 nitrogen and oxygen atoms in total. The smallest absolute Gasteiger partial charge is 0.341 e. The molecule has 0 radical (unpaired) electrons. The Hall–Kier alpha value is -2.64. The molecule has 2 heterocycles. The zero-order valence-electron chi connectivity index (χ0n) is 14.4. The zero-order valence-corrected chi connectivity index (χ0v) is 16.8. The van der Waals surface area contributed by atoms with Crippen molar-refractivity contribution in [3.63, 3.8) is 0 Å². The molecule has 0 aliphatic carbocycles. The van der Waals surface area contributed by atoms with Crippen molar-refractivity contribution in [2.24, 2.45) is 0 Å². The number of rotatable bonds is 6. The molecule has 0 bridgehead atoms. The van der Waals surface area contributed by atoms with Gasteiger partial charge in [0.05, 0.1) is 12.9 Å². The Labute approximate surface area is 168 Å². The second kappa shape index (κ2) is 8.83. The lowest BCUT2D eigenvalue weighted by Gasteiger charge is -2.08. The van der Waals surface area contributed by atoms with Gasteiger partial charge in [-0.05, 0) is 42.8 Å². The number of furan rings is 1. The Kier molecular flexibility index (Phi) is 6.26. The third-order valence-corrected chi connectivity index (χ3v) is 5.03. The molecule has 7 heteroatoms. The molecule has 3 rings (SSSR count). The Morgan fingerprint density at radius 1 is 1.26 bits per heavy atom. The monoisotopic (exact) mass is 445 g/mol. The summed E-state index contributed by atoms with van der Waals surface area (Å²) < 4.78 is 11.3. The minimum absolute atomic E-state index is 0.250. The second-order valence-electron chi connectivity index (χ2n) is 5.42. The molecule has 1 aromatic carbocycles. The lowest BCUT2D eigenvalue weighted by atomic mass is 10.0.